The highest BCUT2D eigenvalue weighted by molar-refractivity contribution is 6.02. The van der Waals surface area contributed by atoms with Gasteiger partial charge in [0.25, 0.3) is 0 Å². The molecule has 3 aliphatic heterocycles. The van der Waals surface area contributed by atoms with E-state index in [1.807, 2.05) is 42.5 Å². The summed E-state index contributed by atoms with van der Waals surface area (Å²) >= 11 is 0. The van der Waals surface area contributed by atoms with Crippen molar-refractivity contribution in [1.29, 1.82) is 0 Å². The summed E-state index contributed by atoms with van der Waals surface area (Å²) in [4.78, 5) is 32.3. The minimum Gasteiger partial charge on any atom is -0.494 e. The van der Waals surface area contributed by atoms with E-state index in [-0.39, 0.29) is 17.8 Å². The number of aromatic nitrogens is 2. The molecule has 4 aromatic rings. The van der Waals surface area contributed by atoms with Crippen LogP contribution in [-0.4, -0.2) is 67.7 Å². The lowest BCUT2D eigenvalue weighted by atomic mass is 9.72. The molecular weight excluding hydrogens is 609 g/mol. The largest absolute Gasteiger partial charge is 0.494 e. The molecule has 0 aliphatic carbocycles. The Morgan fingerprint density at radius 1 is 1.04 bits per heavy atom. The first kappa shape index (κ1) is 31.6. The maximum absolute atomic E-state index is 13.9. The van der Waals surface area contributed by atoms with Gasteiger partial charge in [-0.25, -0.2) is 19.4 Å². The van der Waals surface area contributed by atoms with Crippen LogP contribution in [0.1, 0.15) is 30.9 Å². The molecule has 0 radical (unpaired) electrons. The van der Waals surface area contributed by atoms with Crippen molar-refractivity contribution in [2.45, 2.75) is 25.3 Å². The number of piperidine rings is 1. The predicted octanol–water partition coefficient (Wildman–Crippen LogP) is 6.57. The topological polar surface area (TPSA) is 95.1 Å². The van der Waals surface area contributed by atoms with Crippen molar-refractivity contribution in [2.24, 2.45) is 5.41 Å². The third-order valence-corrected chi connectivity index (χ3v) is 9.61. The van der Waals surface area contributed by atoms with Gasteiger partial charge >= 0.3 is 0 Å². The van der Waals surface area contributed by atoms with Gasteiger partial charge in [0.15, 0.2) is 5.82 Å². The van der Waals surface area contributed by atoms with E-state index in [9.17, 15) is 9.18 Å². The number of nitrogens with one attached hydrogen (secondary N) is 2. The fourth-order valence-electron chi connectivity index (χ4n) is 7.28. The van der Waals surface area contributed by atoms with E-state index in [0.29, 0.717) is 40.8 Å². The molecule has 2 N–H and O–H groups in total. The lowest BCUT2D eigenvalue weighted by Gasteiger charge is -2.53. The highest BCUT2D eigenvalue weighted by Crippen LogP contribution is 2.44. The van der Waals surface area contributed by atoms with Gasteiger partial charge in [-0.1, -0.05) is 36.9 Å². The van der Waals surface area contributed by atoms with Crippen molar-refractivity contribution in [2.75, 3.05) is 67.5 Å². The number of halogens is 1. The summed E-state index contributed by atoms with van der Waals surface area (Å²) in [5.41, 5.74) is 5.39. The molecule has 10 nitrogen and oxygen atoms in total. The van der Waals surface area contributed by atoms with Crippen LogP contribution in [0.25, 0.3) is 11.1 Å². The molecule has 11 heteroatoms. The maximum Gasteiger partial charge on any atom is 0.247 e. The van der Waals surface area contributed by atoms with E-state index in [2.05, 4.69) is 50.1 Å². The molecule has 1 unspecified atom stereocenters. The van der Waals surface area contributed by atoms with Gasteiger partial charge in [0.1, 0.15) is 23.7 Å². The summed E-state index contributed by atoms with van der Waals surface area (Å²) in [5.74, 6) is 1.18. The van der Waals surface area contributed by atoms with Crippen LogP contribution in [0.3, 0.4) is 0 Å². The van der Waals surface area contributed by atoms with Crippen LogP contribution in [0.5, 0.6) is 5.75 Å². The molecule has 0 bridgehead atoms. The Morgan fingerprint density at radius 2 is 1.81 bits per heavy atom. The number of carbonyl (C=O) groups excluding carboxylic acids is 1. The minimum atomic E-state index is -0.288. The fraction of sp³-hybridized carbons (Fsp3) is 0.324. The number of benzene rings is 3. The number of anilines is 5. The van der Waals surface area contributed by atoms with Crippen LogP contribution < -0.4 is 25.3 Å². The standard InChI is InChI=1S/C37H40FN7O3/c1-4-36(46)42-29-19-30(33(47-3)20-32(29)44-14-12-37(13-15-44)22-43(2)23-37)41-34-21-35(40-24-39-34)45-31(11-16-48-45)27-9-5-7-25(17-27)26-8-6-10-28(38)18-26/h4-10,17-21,24,31H,1,11-16,22-23H2,2-3H3,(H,42,46)(H,39,40,41). The number of rotatable bonds is 9. The highest BCUT2D eigenvalue weighted by Gasteiger charge is 2.43. The molecule has 3 fully saturated rings. The second-order valence-electron chi connectivity index (χ2n) is 12.9. The Labute approximate surface area is 280 Å². The maximum atomic E-state index is 13.9. The minimum absolute atomic E-state index is 0.0974. The lowest BCUT2D eigenvalue weighted by Crippen LogP contribution is -2.58. The molecule has 3 saturated heterocycles. The summed E-state index contributed by atoms with van der Waals surface area (Å²) in [6.45, 7) is 8.25. The number of hydrogen-bond donors (Lipinski definition) is 2. The molecule has 1 spiro atoms. The first-order valence-corrected chi connectivity index (χ1v) is 16.3. The summed E-state index contributed by atoms with van der Waals surface area (Å²) in [5, 5.41) is 8.19. The van der Waals surface area contributed by atoms with Crippen LogP contribution in [0, 0.1) is 11.2 Å². The number of amides is 1. The zero-order valence-electron chi connectivity index (χ0n) is 27.3. The van der Waals surface area contributed by atoms with E-state index >= 15 is 0 Å². The number of methoxy groups -OCH3 is 1. The first-order valence-electron chi connectivity index (χ1n) is 16.3. The second-order valence-corrected chi connectivity index (χ2v) is 12.9. The molecule has 1 amide bonds. The molecule has 48 heavy (non-hydrogen) atoms. The van der Waals surface area contributed by atoms with Gasteiger partial charge in [-0.2, -0.15) is 0 Å². The summed E-state index contributed by atoms with van der Waals surface area (Å²) in [6.07, 6.45) is 5.73. The Morgan fingerprint density at radius 3 is 2.54 bits per heavy atom. The normalized spacial score (nSPS) is 18.8. The third kappa shape index (κ3) is 6.43. The molecule has 7 rings (SSSR count). The van der Waals surface area contributed by atoms with Gasteiger partial charge in [0.2, 0.25) is 5.91 Å². The van der Waals surface area contributed by atoms with Crippen LogP contribution in [-0.2, 0) is 9.63 Å². The first-order chi connectivity index (χ1) is 23.3. The molecule has 248 valence electrons. The fourth-order valence-corrected chi connectivity index (χ4v) is 7.28. The van der Waals surface area contributed by atoms with Crippen molar-refractivity contribution in [1.82, 2.24) is 14.9 Å². The molecule has 3 aromatic carbocycles. The monoisotopic (exact) mass is 649 g/mol. The van der Waals surface area contributed by atoms with Crippen LogP contribution in [0.2, 0.25) is 0 Å². The summed E-state index contributed by atoms with van der Waals surface area (Å²) in [6, 6.07) is 20.2. The zero-order valence-corrected chi connectivity index (χ0v) is 27.3. The Bertz CT molecular complexity index is 1820. The Hall–Kier alpha value is -5.00. The number of hydrogen-bond acceptors (Lipinski definition) is 9. The number of likely N-dealkylation sites (tertiary alicyclic amines) is 1. The summed E-state index contributed by atoms with van der Waals surface area (Å²) < 4.78 is 19.8. The highest BCUT2D eigenvalue weighted by atomic mass is 19.1. The third-order valence-electron chi connectivity index (χ3n) is 9.61. The number of nitrogens with zero attached hydrogens (tertiary/aromatic N) is 5. The van der Waals surface area contributed by atoms with Gasteiger partial charge in [0.05, 0.1) is 36.8 Å². The molecule has 3 aliphatic rings. The quantitative estimate of drug-likeness (QED) is 0.195. The van der Waals surface area contributed by atoms with Gasteiger partial charge in [-0.05, 0) is 72.3 Å². The van der Waals surface area contributed by atoms with E-state index in [1.54, 1.807) is 18.2 Å². The van der Waals surface area contributed by atoms with Crippen molar-refractivity contribution >= 4 is 34.6 Å². The van der Waals surface area contributed by atoms with Crippen LogP contribution in [0.15, 0.2) is 85.7 Å². The van der Waals surface area contributed by atoms with Crippen LogP contribution >= 0.6 is 0 Å². The molecule has 4 heterocycles. The smallest absolute Gasteiger partial charge is 0.247 e. The van der Waals surface area contributed by atoms with Crippen molar-refractivity contribution < 1.29 is 18.8 Å². The van der Waals surface area contributed by atoms with Crippen molar-refractivity contribution in [3.8, 4) is 16.9 Å². The van der Waals surface area contributed by atoms with E-state index in [0.717, 1.165) is 67.8 Å². The second kappa shape index (κ2) is 13.2. The average Bonchev–Trinajstić information content (AvgIpc) is 3.59. The van der Waals surface area contributed by atoms with Gasteiger partial charge in [-0.15, -0.1) is 0 Å². The van der Waals surface area contributed by atoms with Gasteiger partial charge < -0.3 is 25.2 Å². The lowest BCUT2D eigenvalue weighted by molar-refractivity contribution is -0.111. The number of hydroxylamine groups is 1. The molecule has 1 aromatic heterocycles. The molecule has 1 atom stereocenters. The predicted molar refractivity (Wildman–Crippen MR) is 186 cm³/mol. The van der Waals surface area contributed by atoms with Gasteiger partial charge in [0, 0.05) is 44.7 Å². The summed E-state index contributed by atoms with van der Waals surface area (Å²) in [7, 11) is 3.80. The number of carbonyl (C=O) groups is 1. The SMILES string of the molecule is C=CC(=O)Nc1cc(Nc2cc(N3OCCC3c3cccc(-c4cccc(F)c4)c3)ncn2)c(OC)cc1N1CCC2(CC1)CN(C)C2. The van der Waals surface area contributed by atoms with Crippen molar-refractivity contribution in [3.05, 3.63) is 97.1 Å². The van der Waals surface area contributed by atoms with E-state index in [1.165, 1.54) is 24.5 Å². The van der Waals surface area contributed by atoms with Crippen molar-refractivity contribution in [3.63, 3.8) is 0 Å². The Balaban J connectivity index is 1.14. The van der Waals surface area contributed by atoms with E-state index in [4.69, 9.17) is 9.57 Å². The van der Waals surface area contributed by atoms with Crippen LogP contribution in [0.4, 0.5) is 33.1 Å². The molecular formula is C37H40FN7O3. The number of ether oxygens (including phenoxy) is 1. The average molecular weight is 650 g/mol. The molecule has 0 saturated carbocycles. The van der Waals surface area contributed by atoms with Gasteiger partial charge in [-0.3, -0.25) is 9.63 Å². The Kier molecular flexibility index (Phi) is 8.72. The zero-order chi connectivity index (χ0) is 33.3. The van der Waals surface area contributed by atoms with E-state index < -0.39 is 0 Å².